The summed E-state index contributed by atoms with van der Waals surface area (Å²) in [5, 5.41) is 9.98. The van der Waals surface area contributed by atoms with Crippen LogP contribution < -0.4 is 5.32 Å². The number of aryl methyl sites for hydroxylation is 3. The summed E-state index contributed by atoms with van der Waals surface area (Å²) < 4.78 is 0. The predicted octanol–water partition coefficient (Wildman–Crippen LogP) is 2.81. The van der Waals surface area contributed by atoms with Crippen molar-refractivity contribution in [2.24, 2.45) is 0 Å². The average molecular weight is 255 g/mol. The number of anilines is 1. The molecule has 4 nitrogen and oxygen atoms in total. The Labute approximate surface area is 112 Å². The summed E-state index contributed by atoms with van der Waals surface area (Å²) in [6.07, 6.45) is 0.484. The highest BCUT2D eigenvalue weighted by Gasteiger charge is 2.31. The van der Waals surface area contributed by atoms with E-state index in [1.54, 1.807) is 0 Å². The molecule has 19 heavy (non-hydrogen) atoms. The maximum Gasteiger partial charge on any atom is 0.226 e. The number of rotatable bonds is 1. The molecular formula is C15H17N3O. The lowest BCUT2D eigenvalue weighted by Crippen LogP contribution is -2.24. The van der Waals surface area contributed by atoms with E-state index in [4.69, 9.17) is 0 Å². The Kier molecular flexibility index (Phi) is 2.66. The minimum Gasteiger partial charge on any atom is -0.309 e. The van der Waals surface area contributed by atoms with Crippen LogP contribution in [0.5, 0.6) is 0 Å². The van der Waals surface area contributed by atoms with Crippen molar-refractivity contribution in [3.05, 3.63) is 46.1 Å². The molecule has 2 aromatic rings. The van der Waals surface area contributed by atoms with Gasteiger partial charge in [0.1, 0.15) is 0 Å². The summed E-state index contributed by atoms with van der Waals surface area (Å²) in [6, 6.07) is 6.39. The number of aromatic amines is 1. The van der Waals surface area contributed by atoms with Crippen molar-refractivity contribution in [2.45, 2.75) is 33.1 Å². The Morgan fingerprint density at radius 2 is 2.05 bits per heavy atom. The van der Waals surface area contributed by atoms with Crippen molar-refractivity contribution >= 4 is 11.7 Å². The van der Waals surface area contributed by atoms with Gasteiger partial charge >= 0.3 is 0 Å². The van der Waals surface area contributed by atoms with E-state index in [-0.39, 0.29) is 11.8 Å². The molecule has 2 N–H and O–H groups in total. The molecular weight excluding hydrogens is 238 g/mol. The SMILES string of the molecule is Cc1ccc(C)c([C@@H]2CC(=O)Nc3n[nH]c(C)c32)c1. The Balaban J connectivity index is 2.17. The van der Waals surface area contributed by atoms with Crippen LogP contribution in [0, 0.1) is 20.8 Å². The van der Waals surface area contributed by atoms with Gasteiger partial charge in [-0.1, -0.05) is 23.8 Å². The lowest BCUT2D eigenvalue weighted by molar-refractivity contribution is -0.116. The van der Waals surface area contributed by atoms with Gasteiger partial charge in [-0.05, 0) is 31.9 Å². The fourth-order valence-electron chi connectivity index (χ4n) is 2.83. The third-order valence-corrected chi connectivity index (χ3v) is 3.80. The third-order valence-electron chi connectivity index (χ3n) is 3.80. The molecule has 1 aliphatic rings. The fourth-order valence-corrected chi connectivity index (χ4v) is 2.83. The summed E-state index contributed by atoms with van der Waals surface area (Å²) >= 11 is 0. The second-order valence-electron chi connectivity index (χ2n) is 5.28. The Morgan fingerprint density at radius 1 is 1.26 bits per heavy atom. The second kappa shape index (κ2) is 4.23. The van der Waals surface area contributed by atoms with Crippen molar-refractivity contribution in [1.29, 1.82) is 0 Å². The molecule has 0 saturated heterocycles. The van der Waals surface area contributed by atoms with Crippen LogP contribution in [0.2, 0.25) is 0 Å². The molecule has 0 aliphatic carbocycles. The summed E-state index contributed by atoms with van der Waals surface area (Å²) in [7, 11) is 0. The molecule has 0 saturated carbocycles. The minimum atomic E-state index is 0.0323. The molecule has 0 fully saturated rings. The van der Waals surface area contributed by atoms with E-state index in [9.17, 15) is 4.79 Å². The summed E-state index contributed by atoms with van der Waals surface area (Å²) in [5.41, 5.74) is 5.81. The van der Waals surface area contributed by atoms with E-state index in [2.05, 4.69) is 47.6 Å². The smallest absolute Gasteiger partial charge is 0.226 e. The van der Waals surface area contributed by atoms with Crippen LogP contribution >= 0.6 is 0 Å². The highest BCUT2D eigenvalue weighted by molar-refractivity contribution is 5.94. The molecule has 0 radical (unpaired) electrons. The van der Waals surface area contributed by atoms with Crippen LogP contribution in [0.25, 0.3) is 0 Å². The van der Waals surface area contributed by atoms with Crippen LogP contribution in [0.4, 0.5) is 5.82 Å². The first kappa shape index (κ1) is 12.0. The zero-order valence-corrected chi connectivity index (χ0v) is 11.4. The molecule has 4 heteroatoms. The van der Waals surface area contributed by atoms with Gasteiger partial charge in [0, 0.05) is 23.6 Å². The largest absolute Gasteiger partial charge is 0.309 e. The van der Waals surface area contributed by atoms with Crippen molar-refractivity contribution in [1.82, 2.24) is 10.2 Å². The molecule has 1 aliphatic heterocycles. The third kappa shape index (κ3) is 1.93. The first-order valence-electron chi connectivity index (χ1n) is 6.48. The standard InChI is InChI=1S/C15H17N3O/c1-8-4-5-9(2)11(6-8)12-7-13(19)16-15-14(12)10(3)17-18-15/h4-6,12H,7H2,1-3H3,(H2,16,17,18,19)/t12-/m0/s1. The number of nitrogens with zero attached hydrogens (tertiary/aromatic N) is 1. The van der Waals surface area contributed by atoms with Crippen LogP contribution in [0.15, 0.2) is 18.2 Å². The first-order valence-corrected chi connectivity index (χ1v) is 6.48. The fraction of sp³-hybridized carbons (Fsp3) is 0.333. The molecule has 1 amide bonds. The molecule has 0 unspecified atom stereocenters. The number of H-pyrrole nitrogens is 1. The number of amides is 1. The van der Waals surface area contributed by atoms with Crippen molar-refractivity contribution < 1.29 is 4.79 Å². The van der Waals surface area contributed by atoms with Gasteiger partial charge in [-0.2, -0.15) is 5.10 Å². The lowest BCUT2D eigenvalue weighted by atomic mass is 9.83. The van der Waals surface area contributed by atoms with Gasteiger partial charge in [-0.25, -0.2) is 0 Å². The van der Waals surface area contributed by atoms with Gasteiger partial charge in [0.15, 0.2) is 5.82 Å². The van der Waals surface area contributed by atoms with Crippen molar-refractivity contribution in [3.8, 4) is 0 Å². The second-order valence-corrected chi connectivity index (χ2v) is 5.28. The van der Waals surface area contributed by atoms with Gasteiger partial charge < -0.3 is 5.32 Å². The molecule has 1 atom stereocenters. The van der Waals surface area contributed by atoms with Gasteiger partial charge in [0.05, 0.1) is 0 Å². The van der Waals surface area contributed by atoms with Gasteiger partial charge in [-0.3, -0.25) is 9.89 Å². The number of hydrogen-bond donors (Lipinski definition) is 2. The average Bonchev–Trinajstić information content (AvgIpc) is 2.73. The van der Waals surface area contributed by atoms with Crippen LogP contribution in [-0.2, 0) is 4.79 Å². The molecule has 1 aromatic heterocycles. The predicted molar refractivity (Wildman–Crippen MR) is 74.3 cm³/mol. The highest BCUT2D eigenvalue weighted by Crippen LogP contribution is 2.39. The van der Waals surface area contributed by atoms with Crippen molar-refractivity contribution in [3.63, 3.8) is 0 Å². The zero-order valence-electron chi connectivity index (χ0n) is 11.4. The zero-order chi connectivity index (χ0) is 13.6. The first-order chi connectivity index (χ1) is 9.06. The molecule has 1 aromatic carbocycles. The quantitative estimate of drug-likeness (QED) is 0.823. The summed E-state index contributed by atoms with van der Waals surface area (Å²) in [5.74, 6) is 0.812. The van der Waals surface area contributed by atoms with E-state index in [1.807, 2.05) is 6.92 Å². The summed E-state index contributed by atoms with van der Waals surface area (Å²) in [6.45, 7) is 6.17. The Bertz CT molecular complexity index is 657. The maximum absolute atomic E-state index is 11.9. The molecule has 0 bridgehead atoms. The van der Waals surface area contributed by atoms with Crippen molar-refractivity contribution in [2.75, 3.05) is 5.32 Å². The molecule has 98 valence electrons. The Hall–Kier alpha value is -2.10. The number of nitrogens with one attached hydrogen (secondary N) is 2. The molecule has 3 rings (SSSR count). The number of carbonyl (C=O) groups excluding carboxylic acids is 1. The van der Waals surface area contributed by atoms with E-state index in [0.29, 0.717) is 12.2 Å². The Morgan fingerprint density at radius 3 is 2.84 bits per heavy atom. The number of benzene rings is 1. The maximum atomic E-state index is 11.9. The molecule has 2 heterocycles. The van der Waals surface area contributed by atoms with E-state index >= 15 is 0 Å². The van der Waals surface area contributed by atoms with Crippen LogP contribution in [0.3, 0.4) is 0 Å². The summed E-state index contributed by atoms with van der Waals surface area (Å²) in [4.78, 5) is 11.9. The number of carbonyl (C=O) groups is 1. The van der Waals surface area contributed by atoms with Crippen LogP contribution in [0.1, 0.15) is 40.3 Å². The monoisotopic (exact) mass is 255 g/mol. The van der Waals surface area contributed by atoms with E-state index in [0.717, 1.165) is 11.3 Å². The number of fused-ring (bicyclic) bond motifs is 1. The molecule has 0 spiro atoms. The van der Waals surface area contributed by atoms with E-state index in [1.165, 1.54) is 16.7 Å². The lowest BCUT2D eigenvalue weighted by Gasteiger charge is -2.24. The topological polar surface area (TPSA) is 57.8 Å². The van der Waals surface area contributed by atoms with Gasteiger partial charge in [-0.15, -0.1) is 0 Å². The highest BCUT2D eigenvalue weighted by atomic mass is 16.1. The normalized spacial score (nSPS) is 18.1. The minimum absolute atomic E-state index is 0.0323. The van der Waals surface area contributed by atoms with Gasteiger partial charge in [0.25, 0.3) is 0 Å². The number of aromatic nitrogens is 2. The number of hydrogen-bond acceptors (Lipinski definition) is 2. The van der Waals surface area contributed by atoms with E-state index < -0.39 is 0 Å². The van der Waals surface area contributed by atoms with Crippen LogP contribution in [-0.4, -0.2) is 16.1 Å². The van der Waals surface area contributed by atoms with Gasteiger partial charge in [0.2, 0.25) is 5.91 Å².